The maximum absolute atomic E-state index is 12.1. The zero-order chi connectivity index (χ0) is 10.8. The van der Waals surface area contributed by atoms with E-state index in [1.807, 2.05) is 11.8 Å². The van der Waals surface area contributed by atoms with Crippen LogP contribution in [0.15, 0.2) is 0 Å². The second-order valence-corrected chi connectivity index (χ2v) is 4.87. The molecule has 2 saturated heterocycles. The Morgan fingerprint density at radius 3 is 3.00 bits per heavy atom. The molecule has 0 spiro atoms. The Bertz CT molecular complexity index is 247. The smallest absolute Gasteiger partial charge is 0.228 e. The van der Waals surface area contributed by atoms with Gasteiger partial charge in [-0.25, -0.2) is 0 Å². The van der Waals surface area contributed by atoms with E-state index in [2.05, 4.69) is 0 Å². The van der Waals surface area contributed by atoms with E-state index in [0.29, 0.717) is 12.5 Å². The maximum Gasteiger partial charge on any atom is 0.228 e. The number of amides is 1. The fourth-order valence-electron chi connectivity index (χ4n) is 2.51. The molecule has 3 unspecified atom stereocenters. The van der Waals surface area contributed by atoms with Gasteiger partial charge in [-0.3, -0.25) is 4.79 Å². The molecule has 0 aromatic carbocycles. The number of nitrogens with zero attached hydrogens (tertiary/aromatic N) is 1. The van der Waals surface area contributed by atoms with Crippen molar-refractivity contribution in [3.63, 3.8) is 0 Å². The predicted molar refractivity (Wildman–Crippen MR) is 59.0 cm³/mol. The number of hydrogen-bond donors (Lipinski definition) is 0. The Labute approximate surface area is 95.7 Å². The molecule has 86 valence electrons. The topological polar surface area (TPSA) is 29.5 Å². The van der Waals surface area contributed by atoms with Crippen LogP contribution in [-0.2, 0) is 9.53 Å². The van der Waals surface area contributed by atoms with Crippen molar-refractivity contribution >= 4 is 17.5 Å². The van der Waals surface area contributed by atoms with Gasteiger partial charge in [0, 0.05) is 18.5 Å². The van der Waals surface area contributed by atoms with Crippen molar-refractivity contribution in [3.05, 3.63) is 0 Å². The summed E-state index contributed by atoms with van der Waals surface area (Å²) in [7, 11) is 0. The van der Waals surface area contributed by atoms with Crippen LogP contribution in [0, 0.1) is 5.92 Å². The zero-order valence-electron chi connectivity index (χ0n) is 9.12. The quantitative estimate of drug-likeness (QED) is 0.677. The molecule has 0 bridgehead atoms. The monoisotopic (exact) mass is 231 g/mol. The Hall–Kier alpha value is -0.280. The van der Waals surface area contributed by atoms with Gasteiger partial charge < -0.3 is 9.64 Å². The van der Waals surface area contributed by atoms with E-state index in [1.54, 1.807) is 0 Å². The zero-order valence-corrected chi connectivity index (χ0v) is 9.87. The standard InChI is InChI=1S/C11H18ClNO2/c1-8-5-9(7-15-8)11(14)13-4-2-3-10(13)6-12/h8-10H,2-7H2,1H3. The van der Waals surface area contributed by atoms with Gasteiger partial charge in [-0.1, -0.05) is 0 Å². The third kappa shape index (κ3) is 2.28. The molecule has 0 saturated carbocycles. The lowest BCUT2D eigenvalue weighted by Crippen LogP contribution is -2.40. The van der Waals surface area contributed by atoms with Gasteiger partial charge in [0.1, 0.15) is 0 Å². The van der Waals surface area contributed by atoms with Crippen molar-refractivity contribution in [3.8, 4) is 0 Å². The molecule has 0 aliphatic carbocycles. The van der Waals surface area contributed by atoms with E-state index >= 15 is 0 Å². The first-order chi connectivity index (χ1) is 7.22. The molecule has 3 atom stereocenters. The molecule has 2 rings (SSSR count). The number of carbonyl (C=O) groups excluding carboxylic acids is 1. The number of likely N-dealkylation sites (tertiary alicyclic amines) is 1. The summed E-state index contributed by atoms with van der Waals surface area (Å²) in [5, 5.41) is 0. The lowest BCUT2D eigenvalue weighted by molar-refractivity contribution is -0.135. The van der Waals surface area contributed by atoms with Crippen molar-refractivity contribution in [2.45, 2.75) is 38.3 Å². The first-order valence-electron chi connectivity index (χ1n) is 5.70. The number of carbonyl (C=O) groups is 1. The summed E-state index contributed by atoms with van der Waals surface area (Å²) in [6.07, 6.45) is 3.24. The highest BCUT2D eigenvalue weighted by Gasteiger charge is 2.36. The second-order valence-electron chi connectivity index (χ2n) is 4.56. The van der Waals surface area contributed by atoms with Crippen LogP contribution >= 0.6 is 11.6 Å². The van der Waals surface area contributed by atoms with Crippen LogP contribution in [0.4, 0.5) is 0 Å². The summed E-state index contributed by atoms with van der Waals surface area (Å²) in [6, 6.07) is 0.259. The normalized spacial score (nSPS) is 36.1. The van der Waals surface area contributed by atoms with Crippen LogP contribution in [0.1, 0.15) is 26.2 Å². The summed E-state index contributed by atoms with van der Waals surface area (Å²) in [5.74, 6) is 0.890. The molecule has 0 aromatic rings. The number of hydrogen-bond acceptors (Lipinski definition) is 2. The molecule has 2 heterocycles. The van der Waals surface area contributed by atoms with Crippen molar-refractivity contribution in [1.29, 1.82) is 0 Å². The molecule has 0 radical (unpaired) electrons. The Kier molecular flexibility index (Phi) is 3.52. The summed E-state index contributed by atoms with van der Waals surface area (Å²) < 4.78 is 5.43. The Balaban J connectivity index is 1.95. The minimum Gasteiger partial charge on any atom is -0.378 e. The molecule has 2 aliphatic heterocycles. The third-order valence-corrected chi connectivity index (χ3v) is 3.74. The highest BCUT2D eigenvalue weighted by Crippen LogP contribution is 2.26. The van der Waals surface area contributed by atoms with E-state index in [9.17, 15) is 4.79 Å². The van der Waals surface area contributed by atoms with Gasteiger partial charge in [0.15, 0.2) is 0 Å². The van der Waals surface area contributed by atoms with E-state index in [-0.39, 0.29) is 24.0 Å². The molecular formula is C11H18ClNO2. The lowest BCUT2D eigenvalue weighted by Gasteiger charge is -2.25. The van der Waals surface area contributed by atoms with E-state index in [0.717, 1.165) is 25.8 Å². The molecule has 15 heavy (non-hydrogen) atoms. The van der Waals surface area contributed by atoms with E-state index < -0.39 is 0 Å². The molecular weight excluding hydrogens is 214 g/mol. The van der Waals surface area contributed by atoms with Gasteiger partial charge in [0.05, 0.1) is 18.6 Å². The van der Waals surface area contributed by atoms with Crippen LogP contribution in [0.3, 0.4) is 0 Å². The van der Waals surface area contributed by atoms with E-state index in [1.165, 1.54) is 0 Å². The van der Waals surface area contributed by atoms with Crippen molar-refractivity contribution in [2.24, 2.45) is 5.92 Å². The fraction of sp³-hybridized carbons (Fsp3) is 0.909. The second kappa shape index (κ2) is 4.71. The highest BCUT2D eigenvalue weighted by molar-refractivity contribution is 6.18. The molecule has 4 heteroatoms. The third-order valence-electron chi connectivity index (χ3n) is 3.39. The average molecular weight is 232 g/mol. The van der Waals surface area contributed by atoms with Gasteiger partial charge in [0.2, 0.25) is 5.91 Å². The molecule has 2 fully saturated rings. The number of ether oxygens (including phenoxy) is 1. The molecule has 0 N–H and O–H groups in total. The van der Waals surface area contributed by atoms with Gasteiger partial charge in [-0.15, -0.1) is 11.6 Å². The van der Waals surface area contributed by atoms with Crippen molar-refractivity contribution in [1.82, 2.24) is 4.90 Å². The summed E-state index contributed by atoms with van der Waals surface area (Å²) in [4.78, 5) is 14.1. The molecule has 3 nitrogen and oxygen atoms in total. The highest BCUT2D eigenvalue weighted by atomic mass is 35.5. The molecule has 1 amide bonds. The minimum absolute atomic E-state index is 0.0730. The largest absolute Gasteiger partial charge is 0.378 e. The SMILES string of the molecule is CC1CC(C(=O)N2CCCC2CCl)CO1. The molecule has 2 aliphatic rings. The summed E-state index contributed by atoms with van der Waals surface area (Å²) in [6.45, 7) is 3.49. The predicted octanol–water partition coefficient (Wildman–Crippen LogP) is 1.64. The maximum atomic E-state index is 12.1. The summed E-state index contributed by atoms with van der Waals surface area (Å²) in [5.41, 5.74) is 0. The van der Waals surface area contributed by atoms with Crippen LogP contribution in [0.5, 0.6) is 0 Å². The van der Waals surface area contributed by atoms with Crippen LogP contribution in [0.25, 0.3) is 0 Å². The minimum atomic E-state index is 0.0730. The van der Waals surface area contributed by atoms with Crippen LogP contribution < -0.4 is 0 Å². The van der Waals surface area contributed by atoms with Gasteiger partial charge >= 0.3 is 0 Å². The fourth-order valence-corrected chi connectivity index (χ4v) is 2.83. The Morgan fingerprint density at radius 2 is 2.40 bits per heavy atom. The first-order valence-corrected chi connectivity index (χ1v) is 6.24. The van der Waals surface area contributed by atoms with Gasteiger partial charge in [-0.05, 0) is 26.2 Å². The van der Waals surface area contributed by atoms with Gasteiger partial charge in [-0.2, -0.15) is 0 Å². The molecule has 0 aromatic heterocycles. The number of rotatable bonds is 2. The van der Waals surface area contributed by atoms with E-state index in [4.69, 9.17) is 16.3 Å². The summed E-state index contributed by atoms with van der Waals surface area (Å²) >= 11 is 5.86. The van der Waals surface area contributed by atoms with Gasteiger partial charge in [0.25, 0.3) is 0 Å². The van der Waals surface area contributed by atoms with Crippen molar-refractivity contribution < 1.29 is 9.53 Å². The Morgan fingerprint density at radius 1 is 1.60 bits per heavy atom. The number of halogens is 1. The lowest BCUT2D eigenvalue weighted by atomic mass is 10.0. The first kappa shape index (κ1) is 11.2. The number of alkyl halides is 1. The van der Waals surface area contributed by atoms with Crippen LogP contribution in [0.2, 0.25) is 0 Å². The average Bonchev–Trinajstić information content (AvgIpc) is 2.84. The van der Waals surface area contributed by atoms with Crippen LogP contribution in [-0.4, -0.2) is 42.0 Å². The van der Waals surface area contributed by atoms with Crippen molar-refractivity contribution in [2.75, 3.05) is 19.0 Å².